The molecule has 1 aliphatic rings. The molecule has 1 fully saturated rings. The van der Waals surface area contributed by atoms with Crippen molar-refractivity contribution in [3.8, 4) is 0 Å². The molecule has 12 nitrogen and oxygen atoms in total. The Morgan fingerprint density at radius 1 is 1.18 bits per heavy atom. The van der Waals surface area contributed by atoms with Gasteiger partial charge in [0.05, 0.1) is 12.1 Å². The summed E-state index contributed by atoms with van der Waals surface area (Å²) in [5, 5.41) is 3.91. The van der Waals surface area contributed by atoms with E-state index < -0.39 is 22.9 Å². The lowest BCUT2D eigenvalue weighted by molar-refractivity contribution is 0.0500. The molecule has 0 radical (unpaired) electrons. The number of fused-ring (bicyclic) bond motifs is 2. The molecule has 1 saturated heterocycles. The molecule has 12 heteroatoms. The van der Waals surface area contributed by atoms with Crippen molar-refractivity contribution >= 4 is 34.1 Å². The molecule has 1 amide bonds. The molecule has 0 aliphatic carbocycles. The van der Waals surface area contributed by atoms with Gasteiger partial charge in [0.1, 0.15) is 11.4 Å². The lowest BCUT2D eigenvalue weighted by Crippen LogP contribution is -2.49. The second-order valence-corrected chi connectivity index (χ2v) is 10.7. The second kappa shape index (κ2) is 9.58. The fourth-order valence-corrected chi connectivity index (χ4v) is 4.87. The van der Waals surface area contributed by atoms with E-state index in [9.17, 15) is 14.4 Å². The van der Waals surface area contributed by atoms with Gasteiger partial charge in [-0.1, -0.05) is 18.2 Å². The molecule has 1 aromatic carbocycles. The van der Waals surface area contributed by atoms with Gasteiger partial charge in [-0.3, -0.25) is 18.9 Å². The van der Waals surface area contributed by atoms with Gasteiger partial charge in [0.2, 0.25) is 5.95 Å². The topological polar surface area (TPSA) is 140 Å². The number of ether oxygens (including phenoxy) is 1. The number of para-hydroxylation sites is 1. The minimum Gasteiger partial charge on any atom is -0.444 e. The van der Waals surface area contributed by atoms with E-state index in [0.717, 1.165) is 29.4 Å². The predicted molar refractivity (Wildman–Crippen MR) is 144 cm³/mol. The number of alkyl carbamates (subject to hydrolysis) is 1. The van der Waals surface area contributed by atoms with Crippen LogP contribution in [0, 0.1) is 6.92 Å². The number of nitrogens with one attached hydrogen (secondary N) is 2. The number of carbonyl (C=O) groups is 1. The Balaban J connectivity index is 1.55. The number of anilines is 1. The van der Waals surface area contributed by atoms with Gasteiger partial charge in [-0.15, -0.1) is 0 Å². The number of amides is 1. The Morgan fingerprint density at radius 2 is 1.95 bits per heavy atom. The van der Waals surface area contributed by atoms with Crippen LogP contribution < -0.4 is 21.5 Å². The molecule has 0 bridgehead atoms. The third-order valence-electron chi connectivity index (χ3n) is 6.55. The summed E-state index contributed by atoms with van der Waals surface area (Å²) in [6.45, 7) is 8.70. The first kappa shape index (κ1) is 25.4. The van der Waals surface area contributed by atoms with Gasteiger partial charge in [-0.25, -0.2) is 19.6 Å². The van der Waals surface area contributed by atoms with E-state index in [1.807, 2.05) is 56.9 Å². The van der Waals surface area contributed by atoms with E-state index in [4.69, 9.17) is 19.7 Å². The van der Waals surface area contributed by atoms with E-state index in [0.29, 0.717) is 24.9 Å². The maximum absolute atomic E-state index is 13.0. The SMILES string of the molecule is Cc1nc(Cn2c(N3CCC[C@@H](NC(=O)OC(C)(C)C)C3)nc3c2c(=O)[nH]c(=O)n3C)nc2ccccc12. The van der Waals surface area contributed by atoms with Gasteiger partial charge in [-0.2, -0.15) is 4.98 Å². The molecule has 1 aliphatic heterocycles. The number of imidazole rings is 1. The number of hydrogen-bond donors (Lipinski definition) is 2. The van der Waals surface area contributed by atoms with Crippen LogP contribution in [0.15, 0.2) is 33.9 Å². The van der Waals surface area contributed by atoms with E-state index in [2.05, 4.69) is 10.3 Å². The largest absolute Gasteiger partial charge is 0.444 e. The Morgan fingerprint density at radius 3 is 2.71 bits per heavy atom. The molecule has 3 aromatic heterocycles. The molecule has 0 spiro atoms. The number of aromatic nitrogens is 6. The number of piperidine rings is 1. The molecule has 1 atom stereocenters. The molecule has 0 unspecified atom stereocenters. The van der Waals surface area contributed by atoms with Crippen LogP contribution in [0.2, 0.25) is 0 Å². The van der Waals surface area contributed by atoms with E-state index >= 15 is 0 Å². The monoisotopic (exact) mass is 520 g/mol. The Kier molecular flexibility index (Phi) is 6.41. The van der Waals surface area contributed by atoms with Gasteiger partial charge in [0.15, 0.2) is 11.2 Å². The first-order chi connectivity index (χ1) is 18.0. The zero-order chi connectivity index (χ0) is 27.2. The van der Waals surface area contributed by atoms with Crippen molar-refractivity contribution in [1.82, 2.24) is 34.4 Å². The van der Waals surface area contributed by atoms with Crippen LogP contribution in [0.25, 0.3) is 22.1 Å². The standard InChI is InChI=1S/C26H32N8O4/c1-15-17-10-6-7-11-18(17)29-19(27-15)14-34-20-21(32(5)24(36)31-22(20)35)30-23(34)33-12-8-9-16(13-33)28-25(37)38-26(2,3)4/h6-7,10-11,16H,8-9,12-14H2,1-5H3,(H,28,37)(H,31,35,36)/t16-/m1/s1. The molecule has 4 heterocycles. The molecule has 0 saturated carbocycles. The zero-order valence-electron chi connectivity index (χ0n) is 22.2. The van der Waals surface area contributed by atoms with Crippen LogP contribution in [-0.2, 0) is 18.3 Å². The average Bonchev–Trinajstić information content (AvgIpc) is 3.21. The predicted octanol–water partition coefficient (Wildman–Crippen LogP) is 2.22. The molecule has 5 rings (SSSR count). The van der Waals surface area contributed by atoms with Gasteiger partial charge < -0.3 is 15.0 Å². The van der Waals surface area contributed by atoms with Gasteiger partial charge in [0.25, 0.3) is 5.56 Å². The molecule has 200 valence electrons. The lowest BCUT2D eigenvalue weighted by Gasteiger charge is -2.34. The van der Waals surface area contributed by atoms with Gasteiger partial charge in [0, 0.05) is 37.3 Å². The summed E-state index contributed by atoms with van der Waals surface area (Å²) < 4.78 is 8.51. The summed E-state index contributed by atoms with van der Waals surface area (Å²) >= 11 is 0. The van der Waals surface area contributed by atoms with Crippen molar-refractivity contribution in [1.29, 1.82) is 0 Å². The summed E-state index contributed by atoms with van der Waals surface area (Å²) in [7, 11) is 1.57. The van der Waals surface area contributed by atoms with Crippen LogP contribution in [0.3, 0.4) is 0 Å². The van der Waals surface area contributed by atoms with Crippen molar-refractivity contribution in [3.05, 3.63) is 56.6 Å². The van der Waals surface area contributed by atoms with E-state index in [1.165, 1.54) is 4.57 Å². The normalized spacial score (nSPS) is 16.2. The fourth-order valence-electron chi connectivity index (χ4n) is 4.87. The van der Waals surface area contributed by atoms with Crippen LogP contribution in [0.1, 0.15) is 45.1 Å². The average molecular weight is 521 g/mol. The molecule has 2 N–H and O–H groups in total. The number of carbonyl (C=O) groups excluding carboxylic acids is 1. The summed E-state index contributed by atoms with van der Waals surface area (Å²) in [6, 6.07) is 7.58. The van der Waals surface area contributed by atoms with E-state index in [-0.39, 0.29) is 23.8 Å². The highest BCUT2D eigenvalue weighted by atomic mass is 16.6. The minimum absolute atomic E-state index is 0.173. The van der Waals surface area contributed by atoms with E-state index in [1.54, 1.807) is 11.6 Å². The second-order valence-electron chi connectivity index (χ2n) is 10.7. The van der Waals surface area contributed by atoms with Gasteiger partial charge in [-0.05, 0) is 46.6 Å². The molecule has 4 aromatic rings. The summed E-state index contributed by atoms with van der Waals surface area (Å²) in [6.07, 6.45) is 1.10. The number of aromatic amines is 1. The maximum Gasteiger partial charge on any atom is 0.407 e. The number of nitrogens with zero attached hydrogens (tertiary/aromatic N) is 6. The fraction of sp³-hybridized carbons (Fsp3) is 0.462. The number of rotatable bonds is 4. The number of hydrogen-bond acceptors (Lipinski definition) is 8. The summed E-state index contributed by atoms with van der Waals surface area (Å²) in [5.41, 5.74) is 0.502. The first-order valence-electron chi connectivity index (χ1n) is 12.7. The number of aryl methyl sites for hydroxylation is 2. The van der Waals surface area contributed by atoms with Crippen LogP contribution in [-0.4, -0.2) is 59.9 Å². The highest BCUT2D eigenvalue weighted by Gasteiger charge is 2.29. The van der Waals surface area contributed by atoms with Crippen molar-refractivity contribution in [2.45, 2.75) is 58.7 Å². The zero-order valence-corrected chi connectivity index (χ0v) is 22.2. The van der Waals surface area contributed by atoms with Crippen molar-refractivity contribution in [2.24, 2.45) is 7.05 Å². The Hall–Kier alpha value is -4.22. The summed E-state index contributed by atoms with van der Waals surface area (Å²) in [4.78, 5) is 56.3. The third-order valence-corrected chi connectivity index (χ3v) is 6.55. The number of benzene rings is 1. The van der Waals surface area contributed by atoms with Crippen molar-refractivity contribution in [2.75, 3.05) is 18.0 Å². The van der Waals surface area contributed by atoms with Crippen LogP contribution in [0.4, 0.5) is 10.7 Å². The minimum atomic E-state index is -0.601. The highest BCUT2D eigenvalue weighted by molar-refractivity contribution is 5.80. The summed E-state index contributed by atoms with van der Waals surface area (Å²) in [5.74, 6) is 1.03. The Labute approximate surface area is 218 Å². The maximum atomic E-state index is 13.0. The van der Waals surface area contributed by atoms with Crippen LogP contribution in [0.5, 0.6) is 0 Å². The molecular weight excluding hydrogens is 488 g/mol. The van der Waals surface area contributed by atoms with Crippen molar-refractivity contribution < 1.29 is 9.53 Å². The first-order valence-corrected chi connectivity index (χ1v) is 12.7. The lowest BCUT2D eigenvalue weighted by atomic mass is 10.1. The quantitative estimate of drug-likeness (QED) is 0.417. The molecular formula is C26H32N8O4. The Bertz CT molecular complexity index is 1650. The molecule has 38 heavy (non-hydrogen) atoms. The third kappa shape index (κ3) is 4.98. The van der Waals surface area contributed by atoms with Crippen LogP contribution >= 0.6 is 0 Å². The van der Waals surface area contributed by atoms with Gasteiger partial charge >= 0.3 is 11.8 Å². The van der Waals surface area contributed by atoms with Crippen molar-refractivity contribution in [3.63, 3.8) is 0 Å². The smallest absolute Gasteiger partial charge is 0.407 e. The number of H-pyrrole nitrogens is 1. The highest BCUT2D eigenvalue weighted by Crippen LogP contribution is 2.25.